The van der Waals surface area contributed by atoms with Crippen LogP contribution in [0.25, 0.3) is 0 Å². The van der Waals surface area contributed by atoms with Crippen molar-refractivity contribution in [3.63, 3.8) is 0 Å². The van der Waals surface area contributed by atoms with Crippen molar-refractivity contribution in [2.45, 2.75) is 17.1 Å². The molecule has 0 bridgehead atoms. The van der Waals surface area contributed by atoms with Crippen LogP contribution in [-0.4, -0.2) is 15.3 Å². The molecule has 2 aromatic carbocycles. The van der Waals surface area contributed by atoms with E-state index in [-0.39, 0.29) is 5.25 Å². The molecular weight excluding hydrogens is 279 g/mol. The molecular formula is C15H13FO3S. The smallest absolute Gasteiger partial charge is 0.338 e. The summed E-state index contributed by atoms with van der Waals surface area (Å²) in [5.41, 5.74) is 0.420. The van der Waals surface area contributed by atoms with Gasteiger partial charge in [0.25, 0.3) is 0 Å². The largest absolute Gasteiger partial charge is 0.478 e. The summed E-state index contributed by atoms with van der Waals surface area (Å²) >= 11 is 0. The molecule has 0 aliphatic rings. The van der Waals surface area contributed by atoms with Gasteiger partial charge in [-0.05, 0) is 30.7 Å². The number of halogens is 1. The van der Waals surface area contributed by atoms with Gasteiger partial charge in [0.05, 0.1) is 21.6 Å². The van der Waals surface area contributed by atoms with E-state index < -0.39 is 28.1 Å². The van der Waals surface area contributed by atoms with Gasteiger partial charge < -0.3 is 5.11 Å². The second-order valence-corrected chi connectivity index (χ2v) is 6.07. The van der Waals surface area contributed by atoms with Crippen molar-refractivity contribution in [2.75, 3.05) is 0 Å². The Morgan fingerprint density at radius 1 is 1.20 bits per heavy atom. The van der Waals surface area contributed by atoms with Crippen molar-refractivity contribution >= 4 is 16.8 Å². The number of carbonyl (C=O) groups is 1. The highest BCUT2D eigenvalue weighted by atomic mass is 32.2. The van der Waals surface area contributed by atoms with Gasteiger partial charge in [-0.25, -0.2) is 9.18 Å². The Morgan fingerprint density at radius 2 is 1.85 bits per heavy atom. The summed E-state index contributed by atoms with van der Waals surface area (Å²) in [6.45, 7) is 1.79. The van der Waals surface area contributed by atoms with Crippen LogP contribution in [0, 0.1) is 5.82 Å². The number of aromatic carboxylic acids is 1. The minimum absolute atomic E-state index is 0.302. The highest BCUT2D eigenvalue weighted by Crippen LogP contribution is 2.25. The molecule has 0 radical (unpaired) electrons. The van der Waals surface area contributed by atoms with Crippen molar-refractivity contribution in [1.82, 2.24) is 0 Å². The Morgan fingerprint density at radius 3 is 2.45 bits per heavy atom. The van der Waals surface area contributed by atoms with Crippen LogP contribution in [0.3, 0.4) is 0 Å². The highest BCUT2D eigenvalue weighted by molar-refractivity contribution is 7.85. The number of carboxylic acid groups (broad SMARTS) is 1. The zero-order valence-corrected chi connectivity index (χ0v) is 11.6. The van der Waals surface area contributed by atoms with Gasteiger partial charge in [0.15, 0.2) is 0 Å². The molecule has 3 nitrogen and oxygen atoms in total. The molecule has 0 saturated carbocycles. The molecule has 1 N–H and O–H groups in total. The Kier molecular flexibility index (Phi) is 4.29. The average Bonchev–Trinajstić information content (AvgIpc) is 2.47. The van der Waals surface area contributed by atoms with E-state index in [0.29, 0.717) is 4.90 Å². The Balaban J connectivity index is 2.34. The van der Waals surface area contributed by atoms with Gasteiger partial charge in [-0.1, -0.05) is 30.3 Å². The summed E-state index contributed by atoms with van der Waals surface area (Å²) in [4.78, 5) is 11.2. The third kappa shape index (κ3) is 2.93. The topological polar surface area (TPSA) is 54.4 Å². The third-order valence-electron chi connectivity index (χ3n) is 2.99. The van der Waals surface area contributed by atoms with E-state index in [1.807, 2.05) is 30.3 Å². The van der Waals surface area contributed by atoms with E-state index in [0.717, 1.165) is 17.7 Å². The van der Waals surface area contributed by atoms with Crippen molar-refractivity contribution in [1.29, 1.82) is 0 Å². The lowest BCUT2D eigenvalue weighted by atomic mass is 10.2. The van der Waals surface area contributed by atoms with Crippen LogP contribution in [0.1, 0.15) is 28.1 Å². The molecule has 104 valence electrons. The van der Waals surface area contributed by atoms with E-state index in [1.165, 1.54) is 6.07 Å². The maximum absolute atomic E-state index is 13.3. The zero-order valence-electron chi connectivity index (χ0n) is 10.7. The first-order valence-electron chi connectivity index (χ1n) is 5.99. The van der Waals surface area contributed by atoms with E-state index in [2.05, 4.69) is 0 Å². The minimum Gasteiger partial charge on any atom is -0.478 e. The summed E-state index contributed by atoms with van der Waals surface area (Å²) in [6, 6.07) is 12.8. The molecule has 2 unspecified atom stereocenters. The predicted molar refractivity (Wildman–Crippen MR) is 74.6 cm³/mol. The summed E-state index contributed by atoms with van der Waals surface area (Å²) in [7, 11) is -1.44. The van der Waals surface area contributed by atoms with Crippen LogP contribution in [-0.2, 0) is 10.8 Å². The van der Waals surface area contributed by atoms with Crippen molar-refractivity contribution in [3.8, 4) is 0 Å². The van der Waals surface area contributed by atoms with Crippen LogP contribution < -0.4 is 0 Å². The van der Waals surface area contributed by atoms with Crippen molar-refractivity contribution in [3.05, 3.63) is 65.5 Å². The van der Waals surface area contributed by atoms with E-state index in [1.54, 1.807) is 6.92 Å². The first-order chi connectivity index (χ1) is 9.50. The van der Waals surface area contributed by atoms with Crippen LogP contribution in [0.15, 0.2) is 53.4 Å². The van der Waals surface area contributed by atoms with E-state index in [9.17, 15) is 13.4 Å². The van der Waals surface area contributed by atoms with Crippen LogP contribution >= 0.6 is 0 Å². The maximum atomic E-state index is 13.3. The molecule has 2 atom stereocenters. The summed E-state index contributed by atoms with van der Waals surface area (Å²) in [5.74, 6) is -2.20. The molecule has 0 saturated heterocycles. The molecule has 0 amide bonds. The van der Waals surface area contributed by atoms with Gasteiger partial charge in [0, 0.05) is 4.90 Å². The molecule has 0 aromatic heterocycles. The van der Waals surface area contributed by atoms with E-state index >= 15 is 0 Å². The Hall–Kier alpha value is -2.01. The number of benzene rings is 2. The summed E-state index contributed by atoms with van der Waals surface area (Å²) in [5, 5.41) is 8.59. The number of rotatable bonds is 4. The molecule has 0 aliphatic carbocycles. The number of carboxylic acids is 1. The second kappa shape index (κ2) is 5.96. The lowest BCUT2D eigenvalue weighted by molar-refractivity contribution is 0.0691. The first kappa shape index (κ1) is 14.4. The number of hydrogen-bond donors (Lipinski definition) is 1. The Bertz CT molecular complexity index is 655. The Labute approximate surface area is 118 Å². The lowest BCUT2D eigenvalue weighted by Crippen LogP contribution is -2.06. The zero-order chi connectivity index (χ0) is 14.7. The van der Waals surface area contributed by atoms with Gasteiger partial charge >= 0.3 is 5.97 Å². The van der Waals surface area contributed by atoms with Gasteiger partial charge in [-0.15, -0.1) is 0 Å². The summed E-state index contributed by atoms with van der Waals surface area (Å²) < 4.78 is 25.8. The summed E-state index contributed by atoms with van der Waals surface area (Å²) in [6.07, 6.45) is 0. The van der Waals surface area contributed by atoms with Gasteiger partial charge in [0.1, 0.15) is 5.82 Å². The average molecular weight is 292 g/mol. The van der Waals surface area contributed by atoms with Gasteiger partial charge in [0.2, 0.25) is 0 Å². The predicted octanol–water partition coefficient (Wildman–Crippen LogP) is 3.39. The molecule has 0 spiro atoms. The monoisotopic (exact) mass is 292 g/mol. The van der Waals surface area contributed by atoms with Crippen LogP contribution in [0.4, 0.5) is 4.39 Å². The van der Waals surface area contributed by atoms with Crippen LogP contribution in [0.5, 0.6) is 0 Å². The van der Waals surface area contributed by atoms with Crippen LogP contribution in [0.2, 0.25) is 0 Å². The normalized spacial score (nSPS) is 13.7. The number of hydrogen-bond acceptors (Lipinski definition) is 2. The lowest BCUT2D eigenvalue weighted by Gasteiger charge is -2.12. The fraction of sp³-hybridized carbons (Fsp3) is 0.133. The molecule has 5 heteroatoms. The first-order valence-corrected chi connectivity index (χ1v) is 7.20. The van der Waals surface area contributed by atoms with Gasteiger partial charge in [-0.2, -0.15) is 0 Å². The standard InChI is InChI=1S/C15H13FO3S/c1-10(11-5-3-2-4-6-11)20(19)12-7-8-14(16)13(9-12)15(17)18/h2-10H,1H3,(H,17,18). The SMILES string of the molecule is CC(c1ccccc1)S(=O)c1ccc(F)c(C(=O)O)c1. The maximum Gasteiger partial charge on any atom is 0.338 e. The molecule has 0 aliphatic heterocycles. The van der Waals surface area contributed by atoms with E-state index in [4.69, 9.17) is 5.11 Å². The highest BCUT2D eigenvalue weighted by Gasteiger charge is 2.18. The van der Waals surface area contributed by atoms with Crippen molar-refractivity contribution < 1.29 is 18.5 Å². The quantitative estimate of drug-likeness (QED) is 0.939. The molecule has 2 aromatic rings. The molecule has 20 heavy (non-hydrogen) atoms. The minimum atomic E-state index is -1.44. The molecule has 2 rings (SSSR count). The van der Waals surface area contributed by atoms with Gasteiger partial charge in [-0.3, -0.25) is 4.21 Å². The fourth-order valence-corrected chi connectivity index (χ4v) is 3.09. The molecule has 0 fully saturated rings. The second-order valence-electron chi connectivity index (χ2n) is 4.30. The third-order valence-corrected chi connectivity index (χ3v) is 4.62. The van der Waals surface area contributed by atoms with Crippen molar-refractivity contribution in [2.24, 2.45) is 0 Å². The fourth-order valence-electron chi connectivity index (χ4n) is 1.85. The molecule has 0 heterocycles.